The van der Waals surface area contributed by atoms with E-state index >= 15 is 0 Å². The van der Waals surface area contributed by atoms with Gasteiger partial charge < -0.3 is 4.74 Å². The van der Waals surface area contributed by atoms with Gasteiger partial charge in [-0.3, -0.25) is 4.89 Å². The maximum Gasteiger partial charge on any atom is 0.449 e. The molecule has 88 valence electrons. The van der Waals surface area contributed by atoms with Crippen LogP contribution in [0.1, 0.15) is 40.5 Å². The van der Waals surface area contributed by atoms with Gasteiger partial charge in [0.1, 0.15) is 6.10 Å². The molecule has 0 aliphatic carbocycles. The van der Waals surface area contributed by atoms with Crippen LogP contribution in [0, 0.1) is 5.41 Å². The molecule has 0 aliphatic rings. The van der Waals surface area contributed by atoms with Crippen LogP contribution in [0.25, 0.3) is 0 Å². The second-order valence-corrected chi connectivity index (χ2v) is 4.43. The van der Waals surface area contributed by atoms with E-state index in [9.17, 15) is 9.59 Å². The summed E-state index contributed by atoms with van der Waals surface area (Å²) in [4.78, 5) is 25.0. The van der Waals surface area contributed by atoms with Crippen LogP contribution in [0.3, 0.4) is 0 Å². The first kappa shape index (κ1) is 13.9. The molecule has 0 aliphatic heterocycles. The molecule has 0 amide bonds. The van der Waals surface area contributed by atoms with Gasteiger partial charge >= 0.3 is 11.9 Å². The highest BCUT2D eigenvalue weighted by molar-refractivity contribution is 6.29. The van der Waals surface area contributed by atoms with Crippen LogP contribution in [-0.2, 0) is 19.2 Å². The van der Waals surface area contributed by atoms with Crippen LogP contribution in [0.2, 0.25) is 0 Å². The van der Waals surface area contributed by atoms with Gasteiger partial charge in [0.2, 0.25) is 0 Å². The van der Waals surface area contributed by atoms with E-state index in [2.05, 4.69) is 4.89 Å². The third-order valence-corrected chi connectivity index (χ3v) is 2.02. The van der Waals surface area contributed by atoms with Crippen molar-refractivity contribution in [2.45, 2.75) is 46.6 Å². The van der Waals surface area contributed by atoms with E-state index in [1.54, 1.807) is 0 Å². The lowest BCUT2D eigenvalue weighted by atomic mass is 9.86. The first-order chi connectivity index (χ1) is 6.82. The maximum atomic E-state index is 11.0. The van der Waals surface area contributed by atoms with E-state index in [-0.39, 0.29) is 11.5 Å². The minimum atomic E-state index is -1.39. The minimum Gasteiger partial charge on any atom is -0.453 e. The van der Waals surface area contributed by atoms with Gasteiger partial charge in [-0.05, 0) is 11.8 Å². The van der Waals surface area contributed by atoms with Crippen LogP contribution < -0.4 is 0 Å². The van der Waals surface area contributed by atoms with E-state index in [1.807, 2.05) is 27.7 Å². The standard InChI is InChI=1S/C10H18O5/c1-5-6-7(10(2,3)4)14-8(11)9(12)15-13/h7,13H,5-6H2,1-4H3. The van der Waals surface area contributed by atoms with Crippen molar-refractivity contribution in [1.29, 1.82) is 0 Å². The molecular weight excluding hydrogens is 200 g/mol. The largest absolute Gasteiger partial charge is 0.453 e. The predicted octanol–water partition coefficient (Wildman–Crippen LogP) is 1.76. The third-order valence-electron chi connectivity index (χ3n) is 2.02. The lowest BCUT2D eigenvalue weighted by Crippen LogP contribution is -2.34. The number of carbonyl (C=O) groups is 2. The summed E-state index contributed by atoms with van der Waals surface area (Å²) >= 11 is 0. The molecule has 15 heavy (non-hydrogen) atoms. The summed E-state index contributed by atoms with van der Waals surface area (Å²) in [5.74, 6) is -2.55. The fourth-order valence-corrected chi connectivity index (χ4v) is 1.15. The Hall–Kier alpha value is -1.10. The molecule has 0 aromatic rings. The second-order valence-electron chi connectivity index (χ2n) is 4.43. The van der Waals surface area contributed by atoms with Crippen LogP contribution in [0.4, 0.5) is 0 Å². The SMILES string of the molecule is CCCC(OC(=O)C(=O)OO)C(C)(C)C. The third kappa shape index (κ3) is 4.78. The topological polar surface area (TPSA) is 72.8 Å². The number of ether oxygens (including phenoxy) is 1. The minimum absolute atomic E-state index is 0.249. The average molecular weight is 218 g/mol. The molecule has 1 N–H and O–H groups in total. The number of rotatable bonds is 3. The van der Waals surface area contributed by atoms with Gasteiger partial charge in [-0.1, -0.05) is 34.1 Å². The van der Waals surface area contributed by atoms with Crippen LogP contribution >= 0.6 is 0 Å². The fourth-order valence-electron chi connectivity index (χ4n) is 1.15. The highest BCUT2D eigenvalue weighted by Crippen LogP contribution is 2.26. The number of esters is 1. The van der Waals surface area contributed by atoms with E-state index < -0.39 is 11.9 Å². The molecule has 5 nitrogen and oxygen atoms in total. The van der Waals surface area contributed by atoms with Crippen molar-refractivity contribution >= 4 is 11.9 Å². The van der Waals surface area contributed by atoms with Gasteiger partial charge in [0, 0.05) is 0 Å². The molecule has 5 heteroatoms. The molecule has 0 heterocycles. The molecule has 0 aromatic heterocycles. The Bertz CT molecular complexity index is 228. The second kappa shape index (κ2) is 5.70. The summed E-state index contributed by atoms with van der Waals surface area (Å²) in [5, 5.41) is 8.00. The zero-order chi connectivity index (χ0) is 12.1. The van der Waals surface area contributed by atoms with E-state index in [0.717, 1.165) is 6.42 Å². The summed E-state index contributed by atoms with van der Waals surface area (Å²) in [6.45, 7) is 7.68. The molecule has 0 fully saturated rings. The van der Waals surface area contributed by atoms with Crippen molar-refractivity contribution in [2.24, 2.45) is 5.41 Å². The summed E-state index contributed by atoms with van der Waals surface area (Å²) in [7, 11) is 0. The molecule has 1 unspecified atom stereocenters. The zero-order valence-corrected chi connectivity index (χ0v) is 9.57. The zero-order valence-electron chi connectivity index (χ0n) is 9.57. The molecule has 0 bridgehead atoms. The average Bonchev–Trinajstić information content (AvgIpc) is 2.14. The lowest BCUT2D eigenvalue weighted by molar-refractivity contribution is -0.238. The lowest BCUT2D eigenvalue weighted by Gasteiger charge is -2.29. The first-order valence-corrected chi connectivity index (χ1v) is 4.89. The van der Waals surface area contributed by atoms with Crippen molar-refractivity contribution in [1.82, 2.24) is 0 Å². The molecule has 0 saturated carbocycles. The highest BCUT2D eigenvalue weighted by atomic mass is 17.1. The Balaban J connectivity index is 4.42. The van der Waals surface area contributed by atoms with E-state index in [0.29, 0.717) is 6.42 Å². The Labute approximate surface area is 89.3 Å². The van der Waals surface area contributed by atoms with E-state index in [4.69, 9.17) is 9.99 Å². The molecule has 0 rings (SSSR count). The molecule has 0 spiro atoms. The molecule has 0 radical (unpaired) electrons. The van der Waals surface area contributed by atoms with E-state index in [1.165, 1.54) is 0 Å². The smallest absolute Gasteiger partial charge is 0.449 e. The Morgan fingerprint density at radius 2 is 1.80 bits per heavy atom. The highest BCUT2D eigenvalue weighted by Gasteiger charge is 2.30. The number of hydrogen-bond acceptors (Lipinski definition) is 5. The molecule has 0 saturated heterocycles. The number of hydrogen-bond donors (Lipinski definition) is 1. The van der Waals surface area contributed by atoms with Crippen LogP contribution in [0.5, 0.6) is 0 Å². The first-order valence-electron chi connectivity index (χ1n) is 4.89. The quantitative estimate of drug-likeness (QED) is 0.338. The fraction of sp³-hybridized carbons (Fsp3) is 0.800. The Kier molecular flexibility index (Phi) is 5.28. The molecular formula is C10H18O5. The van der Waals surface area contributed by atoms with Gasteiger partial charge in [-0.15, -0.1) is 0 Å². The maximum absolute atomic E-state index is 11.0. The summed E-state index contributed by atoms with van der Waals surface area (Å²) in [5.41, 5.74) is -0.249. The van der Waals surface area contributed by atoms with Crippen LogP contribution in [-0.4, -0.2) is 23.3 Å². The normalized spacial score (nSPS) is 13.1. The monoisotopic (exact) mass is 218 g/mol. The predicted molar refractivity (Wildman–Crippen MR) is 53.0 cm³/mol. The Morgan fingerprint density at radius 3 is 2.13 bits per heavy atom. The summed E-state index contributed by atoms with van der Waals surface area (Å²) in [6, 6.07) is 0. The molecule has 0 aromatic carbocycles. The van der Waals surface area contributed by atoms with Gasteiger partial charge in [0.25, 0.3) is 0 Å². The van der Waals surface area contributed by atoms with Crippen LogP contribution in [0.15, 0.2) is 0 Å². The number of carbonyl (C=O) groups excluding carboxylic acids is 2. The van der Waals surface area contributed by atoms with Gasteiger partial charge in [-0.2, -0.15) is 5.26 Å². The van der Waals surface area contributed by atoms with Gasteiger partial charge in [0.15, 0.2) is 0 Å². The summed E-state index contributed by atoms with van der Waals surface area (Å²) < 4.78 is 4.93. The van der Waals surface area contributed by atoms with Gasteiger partial charge in [-0.25, -0.2) is 9.59 Å². The summed E-state index contributed by atoms with van der Waals surface area (Å²) in [6.07, 6.45) is 1.13. The van der Waals surface area contributed by atoms with Crippen molar-refractivity contribution < 1.29 is 24.5 Å². The Morgan fingerprint density at radius 1 is 1.27 bits per heavy atom. The van der Waals surface area contributed by atoms with Crippen molar-refractivity contribution in [3.8, 4) is 0 Å². The van der Waals surface area contributed by atoms with Crippen molar-refractivity contribution in [3.63, 3.8) is 0 Å². The van der Waals surface area contributed by atoms with Crippen molar-refractivity contribution in [3.05, 3.63) is 0 Å². The van der Waals surface area contributed by atoms with Crippen molar-refractivity contribution in [2.75, 3.05) is 0 Å². The van der Waals surface area contributed by atoms with Gasteiger partial charge in [0.05, 0.1) is 0 Å². The molecule has 1 atom stereocenters.